The fourth-order valence-corrected chi connectivity index (χ4v) is 1.22. The van der Waals surface area contributed by atoms with Crippen LogP contribution in [0.4, 0.5) is 11.4 Å². The molecule has 1 amide bonds. The Morgan fingerprint density at radius 1 is 1.60 bits per heavy atom. The van der Waals surface area contributed by atoms with Crippen LogP contribution in [0.2, 0.25) is 0 Å². The maximum Gasteiger partial charge on any atom is 0.224 e. The number of rotatable bonds is 4. The molecule has 0 fully saturated rings. The van der Waals surface area contributed by atoms with Gasteiger partial charge in [0.1, 0.15) is 0 Å². The zero-order valence-corrected chi connectivity index (χ0v) is 8.92. The third kappa shape index (κ3) is 3.46. The summed E-state index contributed by atoms with van der Waals surface area (Å²) >= 11 is 0. The quantitative estimate of drug-likeness (QED) is 0.584. The first-order chi connectivity index (χ1) is 7.13. The second-order valence-electron chi connectivity index (χ2n) is 3.45. The van der Waals surface area contributed by atoms with Gasteiger partial charge in [0, 0.05) is 17.8 Å². The van der Waals surface area contributed by atoms with Crippen LogP contribution in [0.1, 0.15) is 18.4 Å². The van der Waals surface area contributed by atoms with Crippen LogP contribution in [0.25, 0.3) is 0 Å². The molecule has 0 bridgehead atoms. The van der Waals surface area contributed by atoms with E-state index in [1.165, 1.54) is 0 Å². The lowest BCUT2D eigenvalue weighted by Crippen LogP contribution is -2.11. The summed E-state index contributed by atoms with van der Waals surface area (Å²) in [5, 5.41) is 2.82. The molecule has 3 nitrogen and oxygen atoms in total. The molecule has 0 spiro atoms. The summed E-state index contributed by atoms with van der Waals surface area (Å²) in [5.41, 5.74) is 8.08. The van der Waals surface area contributed by atoms with Crippen LogP contribution < -0.4 is 11.1 Å². The van der Waals surface area contributed by atoms with Gasteiger partial charge in [-0.15, -0.1) is 6.58 Å². The van der Waals surface area contributed by atoms with Gasteiger partial charge >= 0.3 is 0 Å². The lowest BCUT2D eigenvalue weighted by atomic mass is 10.1. The van der Waals surface area contributed by atoms with Gasteiger partial charge in [-0.25, -0.2) is 0 Å². The van der Waals surface area contributed by atoms with Crippen molar-refractivity contribution in [2.75, 3.05) is 11.1 Å². The number of carbonyl (C=O) groups is 1. The van der Waals surface area contributed by atoms with Gasteiger partial charge in [-0.2, -0.15) is 0 Å². The van der Waals surface area contributed by atoms with E-state index in [0.29, 0.717) is 18.5 Å². The molecule has 15 heavy (non-hydrogen) atoms. The van der Waals surface area contributed by atoms with Crippen LogP contribution in [0.15, 0.2) is 30.9 Å². The van der Waals surface area contributed by atoms with Crippen molar-refractivity contribution in [1.82, 2.24) is 0 Å². The largest absolute Gasteiger partial charge is 0.399 e. The molecule has 0 aliphatic rings. The van der Waals surface area contributed by atoms with Crippen LogP contribution in [0, 0.1) is 6.92 Å². The molecule has 0 atom stereocenters. The molecule has 0 saturated carbocycles. The summed E-state index contributed by atoms with van der Waals surface area (Å²) in [4.78, 5) is 11.4. The summed E-state index contributed by atoms with van der Waals surface area (Å²) in [5.74, 6) is -0.0106. The van der Waals surface area contributed by atoms with Crippen LogP contribution >= 0.6 is 0 Å². The Bertz CT molecular complexity index is 372. The molecule has 0 radical (unpaired) electrons. The Morgan fingerprint density at radius 3 is 3.00 bits per heavy atom. The second kappa shape index (κ2) is 5.20. The van der Waals surface area contributed by atoms with Gasteiger partial charge in [0.05, 0.1) is 0 Å². The van der Waals surface area contributed by atoms with Gasteiger partial charge < -0.3 is 11.1 Å². The number of carbonyl (C=O) groups excluding carboxylic acids is 1. The molecular weight excluding hydrogens is 188 g/mol. The topological polar surface area (TPSA) is 55.1 Å². The molecular formula is C12H16N2O. The van der Waals surface area contributed by atoms with Crippen molar-refractivity contribution in [1.29, 1.82) is 0 Å². The number of aryl methyl sites for hydroxylation is 1. The number of nitrogen functional groups attached to an aromatic ring is 1. The first kappa shape index (κ1) is 11.3. The first-order valence-electron chi connectivity index (χ1n) is 4.90. The lowest BCUT2D eigenvalue weighted by molar-refractivity contribution is -0.116. The smallest absolute Gasteiger partial charge is 0.224 e. The van der Waals surface area contributed by atoms with E-state index in [4.69, 9.17) is 5.73 Å². The molecule has 0 aliphatic heterocycles. The van der Waals surface area contributed by atoms with Gasteiger partial charge in [-0.1, -0.05) is 12.1 Å². The van der Waals surface area contributed by atoms with Crippen LogP contribution in [0.3, 0.4) is 0 Å². The van der Waals surface area contributed by atoms with E-state index < -0.39 is 0 Å². The maximum atomic E-state index is 11.4. The highest BCUT2D eigenvalue weighted by Crippen LogP contribution is 2.18. The minimum Gasteiger partial charge on any atom is -0.399 e. The average molecular weight is 204 g/mol. The van der Waals surface area contributed by atoms with E-state index in [9.17, 15) is 4.79 Å². The minimum absolute atomic E-state index is 0.0106. The van der Waals surface area contributed by atoms with Gasteiger partial charge in [0.25, 0.3) is 0 Å². The first-order valence-corrected chi connectivity index (χ1v) is 4.90. The second-order valence-corrected chi connectivity index (χ2v) is 3.45. The normalized spacial score (nSPS) is 9.67. The maximum absolute atomic E-state index is 11.4. The number of nitrogens with two attached hydrogens (primary N) is 1. The molecule has 3 N–H and O–H groups in total. The highest BCUT2D eigenvalue weighted by atomic mass is 16.1. The molecule has 0 saturated heterocycles. The van der Waals surface area contributed by atoms with Crippen molar-refractivity contribution in [3.63, 3.8) is 0 Å². The number of hydrogen-bond acceptors (Lipinski definition) is 2. The predicted octanol–water partition coefficient (Wildman–Crippen LogP) is 2.48. The zero-order chi connectivity index (χ0) is 11.3. The Balaban J connectivity index is 2.67. The third-order valence-electron chi connectivity index (χ3n) is 2.11. The van der Waals surface area contributed by atoms with Crippen LogP contribution in [-0.4, -0.2) is 5.91 Å². The molecule has 0 aromatic heterocycles. The van der Waals surface area contributed by atoms with Crippen molar-refractivity contribution in [3.8, 4) is 0 Å². The van der Waals surface area contributed by atoms with Gasteiger partial charge in [0.15, 0.2) is 0 Å². The van der Waals surface area contributed by atoms with Crippen molar-refractivity contribution in [2.24, 2.45) is 0 Å². The lowest BCUT2D eigenvalue weighted by Gasteiger charge is -2.08. The Kier molecular flexibility index (Phi) is 3.92. The number of hydrogen-bond donors (Lipinski definition) is 2. The van der Waals surface area contributed by atoms with E-state index in [1.54, 1.807) is 12.1 Å². The Labute approximate surface area is 90.0 Å². The summed E-state index contributed by atoms with van der Waals surface area (Å²) in [6.45, 7) is 5.50. The number of allylic oxidation sites excluding steroid dienone is 1. The fourth-order valence-electron chi connectivity index (χ4n) is 1.22. The minimum atomic E-state index is -0.0106. The Morgan fingerprint density at radius 2 is 2.33 bits per heavy atom. The number of nitrogens with one attached hydrogen (secondary N) is 1. The van der Waals surface area contributed by atoms with Gasteiger partial charge in [0.2, 0.25) is 5.91 Å². The molecule has 1 rings (SSSR count). The summed E-state index contributed by atoms with van der Waals surface area (Å²) < 4.78 is 0. The van der Waals surface area contributed by atoms with Crippen molar-refractivity contribution < 1.29 is 4.79 Å². The standard InChI is InChI=1S/C12H16N2O/c1-3-4-5-12(15)14-11-8-10(13)7-6-9(11)2/h3,6-8H,1,4-5,13H2,2H3,(H,14,15). The highest BCUT2D eigenvalue weighted by molar-refractivity contribution is 5.92. The van der Waals surface area contributed by atoms with E-state index in [1.807, 2.05) is 19.1 Å². The molecule has 0 heterocycles. The number of anilines is 2. The monoisotopic (exact) mass is 204 g/mol. The summed E-state index contributed by atoms with van der Waals surface area (Å²) in [6.07, 6.45) is 2.87. The molecule has 80 valence electrons. The molecule has 3 heteroatoms. The number of amides is 1. The van der Waals surface area contributed by atoms with E-state index in [-0.39, 0.29) is 5.91 Å². The van der Waals surface area contributed by atoms with Crippen molar-refractivity contribution in [2.45, 2.75) is 19.8 Å². The SMILES string of the molecule is C=CCCC(=O)Nc1cc(N)ccc1C. The van der Waals surface area contributed by atoms with Gasteiger partial charge in [-0.3, -0.25) is 4.79 Å². The fraction of sp³-hybridized carbons (Fsp3) is 0.250. The predicted molar refractivity (Wildman–Crippen MR) is 63.7 cm³/mol. The molecule has 0 unspecified atom stereocenters. The van der Waals surface area contributed by atoms with Crippen molar-refractivity contribution in [3.05, 3.63) is 36.4 Å². The third-order valence-corrected chi connectivity index (χ3v) is 2.11. The number of benzene rings is 1. The van der Waals surface area contributed by atoms with E-state index >= 15 is 0 Å². The zero-order valence-electron chi connectivity index (χ0n) is 8.92. The van der Waals surface area contributed by atoms with E-state index in [0.717, 1.165) is 11.3 Å². The molecule has 1 aromatic rings. The Hall–Kier alpha value is -1.77. The van der Waals surface area contributed by atoms with Gasteiger partial charge in [-0.05, 0) is 31.0 Å². The van der Waals surface area contributed by atoms with Crippen molar-refractivity contribution >= 4 is 17.3 Å². The molecule has 0 aliphatic carbocycles. The summed E-state index contributed by atoms with van der Waals surface area (Å²) in [6, 6.07) is 5.47. The summed E-state index contributed by atoms with van der Waals surface area (Å²) in [7, 11) is 0. The highest BCUT2D eigenvalue weighted by Gasteiger charge is 2.03. The molecule has 1 aromatic carbocycles. The van der Waals surface area contributed by atoms with E-state index in [2.05, 4.69) is 11.9 Å². The average Bonchev–Trinajstić information content (AvgIpc) is 2.20. The van der Waals surface area contributed by atoms with Crippen LogP contribution in [0.5, 0.6) is 0 Å². The van der Waals surface area contributed by atoms with Crippen LogP contribution in [-0.2, 0) is 4.79 Å².